The Morgan fingerprint density at radius 3 is 2.21 bits per heavy atom. The van der Waals surface area contributed by atoms with Crippen molar-refractivity contribution in [3.8, 4) is 0 Å². The molecule has 0 heterocycles. The van der Waals surface area contributed by atoms with Crippen molar-refractivity contribution < 1.29 is 0 Å². The predicted molar refractivity (Wildman–Crippen MR) is 66.8 cm³/mol. The van der Waals surface area contributed by atoms with E-state index in [1.54, 1.807) is 0 Å². The summed E-state index contributed by atoms with van der Waals surface area (Å²) < 4.78 is 0. The molecule has 0 atom stereocenters. The molecule has 1 aliphatic carbocycles. The third-order valence-electron chi connectivity index (χ3n) is 3.06. The first kappa shape index (κ1) is 12.4. The molecule has 1 fully saturated rings. The molecule has 0 unspecified atom stereocenters. The van der Waals surface area contributed by atoms with Crippen LogP contribution in [0, 0.1) is 5.92 Å². The van der Waals surface area contributed by atoms with E-state index in [0.29, 0.717) is 0 Å². The van der Waals surface area contributed by atoms with Gasteiger partial charge in [-0.05, 0) is 45.4 Å². The molecule has 84 valence electrons. The Labute approximate surface area is 93.2 Å². The van der Waals surface area contributed by atoms with Crippen LogP contribution in [-0.4, -0.2) is 16.5 Å². The highest BCUT2D eigenvalue weighted by molar-refractivity contribution is 7.99. The van der Waals surface area contributed by atoms with Crippen molar-refractivity contribution >= 4 is 11.8 Å². The summed E-state index contributed by atoms with van der Waals surface area (Å²) in [6, 6.07) is 0. The van der Waals surface area contributed by atoms with E-state index in [1.807, 2.05) is 0 Å². The van der Waals surface area contributed by atoms with Gasteiger partial charge in [0.05, 0.1) is 0 Å². The molecule has 0 bridgehead atoms. The van der Waals surface area contributed by atoms with Gasteiger partial charge in [-0.25, -0.2) is 0 Å². The van der Waals surface area contributed by atoms with Crippen molar-refractivity contribution in [1.29, 1.82) is 0 Å². The van der Waals surface area contributed by atoms with Crippen molar-refractivity contribution in [3.05, 3.63) is 0 Å². The fraction of sp³-hybridized carbons (Fsp3) is 1.00. The molecule has 1 rings (SSSR count). The van der Waals surface area contributed by atoms with Crippen LogP contribution in [0.5, 0.6) is 0 Å². The van der Waals surface area contributed by atoms with E-state index in [4.69, 9.17) is 5.73 Å². The van der Waals surface area contributed by atoms with Crippen LogP contribution in [-0.2, 0) is 0 Å². The fourth-order valence-electron chi connectivity index (χ4n) is 2.04. The van der Waals surface area contributed by atoms with Gasteiger partial charge in [0.1, 0.15) is 0 Å². The van der Waals surface area contributed by atoms with E-state index in [1.165, 1.54) is 32.1 Å². The molecule has 0 saturated heterocycles. The first-order chi connectivity index (χ1) is 6.51. The van der Waals surface area contributed by atoms with Crippen molar-refractivity contribution in [1.82, 2.24) is 0 Å². The summed E-state index contributed by atoms with van der Waals surface area (Å²) in [5, 5.41) is 0.889. The second-order valence-corrected chi connectivity index (χ2v) is 6.64. The Balaban J connectivity index is 2.16. The topological polar surface area (TPSA) is 26.0 Å². The summed E-state index contributed by atoms with van der Waals surface area (Å²) in [4.78, 5) is 0. The van der Waals surface area contributed by atoms with Gasteiger partial charge in [-0.1, -0.05) is 13.3 Å². The Kier molecular flexibility index (Phi) is 4.78. The van der Waals surface area contributed by atoms with Gasteiger partial charge < -0.3 is 5.73 Å². The highest BCUT2D eigenvalue weighted by atomic mass is 32.2. The molecule has 2 heteroatoms. The van der Waals surface area contributed by atoms with E-state index in [-0.39, 0.29) is 5.54 Å². The molecule has 0 aromatic heterocycles. The zero-order valence-electron chi connectivity index (χ0n) is 9.88. The summed E-state index contributed by atoms with van der Waals surface area (Å²) in [7, 11) is 0. The minimum atomic E-state index is 0.00622. The Morgan fingerprint density at radius 1 is 1.21 bits per heavy atom. The molecule has 0 radical (unpaired) electrons. The molecule has 0 aromatic carbocycles. The van der Waals surface area contributed by atoms with Crippen LogP contribution in [0.15, 0.2) is 0 Å². The number of hydrogen-bond acceptors (Lipinski definition) is 2. The first-order valence-electron chi connectivity index (χ1n) is 5.91. The maximum atomic E-state index is 5.99. The second-order valence-electron chi connectivity index (χ2n) is 5.35. The minimum Gasteiger partial charge on any atom is -0.325 e. The lowest BCUT2D eigenvalue weighted by Gasteiger charge is -2.29. The van der Waals surface area contributed by atoms with Crippen LogP contribution < -0.4 is 5.73 Å². The molecule has 1 nitrogen and oxygen atoms in total. The summed E-state index contributed by atoms with van der Waals surface area (Å²) in [5.74, 6) is 2.12. The van der Waals surface area contributed by atoms with Gasteiger partial charge >= 0.3 is 0 Å². The van der Waals surface area contributed by atoms with Gasteiger partial charge in [0, 0.05) is 16.5 Å². The molecule has 2 N–H and O–H groups in total. The van der Waals surface area contributed by atoms with Crippen LogP contribution in [0.4, 0.5) is 0 Å². The molecule has 0 aromatic rings. The lowest BCUT2D eigenvalue weighted by Crippen LogP contribution is -2.35. The molecule has 1 aliphatic rings. The molecule has 0 aliphatic heterocycles. The van der Waals surface area contributed by atoms with Crippen LogP contribution in [0.3, 0.4) is 0 Å². The van der Waals surface area contributed by atoms with Gasteiger partial charge in [0.25, 0.3) is 0 Å². The summed E-state index contributed by atoms with van der Waals surface area (Å²) >= 11 is 2.09. The Morgan fingerprint density at radius 2 is 1.79 bits per heavy atom. The quantitative estimate of drug-likeness (QED) is 0.777. The van der Waals surface area contributed by atoms with Gasteiger partial charge in [-0.3, -0.25) is 0 Å². The van der Waals surface area contributed by atoms with E-state index in [2.05, 4.69) is 32.5 Å². The predicted octanol–water partition coefficient (Wildman–Crippen LogP) is 3.43. The van der Waals surface area contributed by atoms with Gasteiger partial charge in [0.15, 0.2) is 0 Å². The standard InChI is InChI=1S/C12H25NS/c1-4-10-5-7-11(8-6-10)14-9-12(2,3)13/h10-11H,4-9,13H2,1-3H3. The van der Waals surface area contributed by atoms with Crippen molar-refractivity contribution in [2.45, 2.75) is 63.7 Å². The summed E-state index contributed by atoms with van der Waals surface area (Å²) in [6.45, 7) is 6.57. The van der Waals surface area contributed by atoms with Gasteiger partial charge in [-0.2, -0.15) is 11.8 Å². The normalized spacial score (nSPS) is 29.1. The third-order valence-corrected chi connectivity index (χ3v) is 4.92. The zero-order chi connectivity index (χ0) is 10.6. The highest BCUT2D eigenvalue weighted by Gasteiger charge is 2.22. The van der Waals surface area contributed by atoms with E-state index < -0.39 is 0 Å². The number of nitrogens with two attached hydrogens (primary N) is 1. The lowest BCUT2D eigenvalue weighted by atomic mass is 9.87. The van der Waals surface area contributed by atoms with Gasteiger partial charge in [-0.15, -0.1) is 0 Å². The first-order valence-corrected chi connectivity index (χ1v) is 6.96. The zero-order valence-corrected chi connectivity index (χ0v) is 10.7. The average Bonchev–Trinajstić information content (AvgIpc) is 2.14. The minimum absolute atomic E-state index is 0.00622. The lowest BCUT2D eigenvalue weighted by molar-refractivity contribution is 0.356. The highest BCUT2D eigenvalue weighted by Crippen LogP contribution is 2.34. The van der Waals surface area contributed by atoms with Crippen LogP contribution in [0.25, 0.3) is 0 Å². The SMILES string of the molecule is CCC1CCC(SCC(C)(C)N)CC1. The average molecular weight is 215 g/mol. The van der Waals surface area contributed by atoms with Crippen molar-refractivity contribution in [2.24, 2.45) is 11.7 Å². The van der Waals surface area contributed by atoms with Crippen LogP contribution >= 0.6 is 11.8 Å². The number of hydrogen-bond donors (Lipinski definition) is 1. The number of rotatable bonds is 4. The second kappa shape index (κ2) is 5.41. The molecular formula is C12H25NS. The van der Waals surface area contributed by atoms with Crippen LogP contribution in [0.1, 0.15) is 52.9 Å². The molecule has 0 spiro atoms. The smallest absolute Gasteiger partial charge is 0.0188 e. The molecular weight excluding hydrogens is 190 g/mol. The van der Waals surface area contributed by atoms with Gasteiger partial charge in [0.2, 0.25) is 0 Å². The van der Waals surface area contributed by atoms with E-state index in [9.17, 15) is 0 Å². The number of thioether (sulfide) groups is 1. The molecule has 0 amide bonds. The third kappa shape index (κ3) is 4.70. The Hall–Kier alpha value is 0.310. The molecule has 1 saturated carbocycles. The van der Waals surface area contributed by atoms with E-state index in [0.717, 1.165) is 16.9 Å². The maximum Gasteiger partial charge on any atom is 0.0188 e. The van der Waals surface area contributed by atoms with Crippen molar-refractivity contribution in [2.75, 3.05) is 5.75 Å². The monoisotopic (exact) mass is 215 g/mol. The fourth-order valence-corrected chi connectivity index (χ4v) is 3.31. The van der Waals surface area contributed by atoms with E-state index >= 15 is 0 Å². The summed E-state index contributed by atoms with van der Waals surface area (Å²) in [6.07, 6.45) is 7.09. The Bertz CT molecular complexity index is 154. The maximum absolute atomic E-state index is 5.99. The largest absolute Gasteiger partial charge is 0.325 e. The van der Waals surface area contributed by atoms with Crippen molar-refractivity contribution in [3.63, 3.8) is 0 Å². The summed E-state index contributed by atoms with van der Waals surface area (Å²) in [5.41, 5.74) is 5.99. The van der Waals surface area contributed by atoms with Crippen LogP contribution in [0.2, 0.25) is 0 Å². The molecule has 14 heavy (non-hydrogen) atoms.